The zero-order chi connectivity index (χ0) is 22.8. The minimum absolute atomic E-state index is 0.0415. The Morgan fingerprint density at radius 1 is 1.10 bits per heavy atom. The van der Waals surface area contributed by atoms with E-state index in [9.17, 15) is 13.2 Å². The minimum atomic E-state index is -3.37. The monoisotopic (exact) mass is 446 g/mol. The number of methoxy groups -OCH3 is 1. The third-order valence-corrected chi connectivity index (χ3v) is 7.33. The van der Waals surface area contributed by atoms with Crippen LogP contribution in [0.2, 0.25) is 0 Å². The van der Waals surface area contributed by atoms with Crippen LogP contribution in [0.25, 0.3) is 0 Å². The van der Waals surface area contributed by atoms with Gasteiger partial charge in [0.1, 0.15) is 18.0 Å². The zero-order valence-electron chi connectivity index (χ0n) is 18.7. The maximum atomic E-state index is 13.1. The van der Waals surface area contributed by atoms with Crippen LogP contribution in [-0.4, -0.2) is 70.0 Å². The maximum absolute atomic E-state index is 13.1. The Kier molecular flexibility index (Phi) is 7.03. The van der Waals surface area contributed by atoms with Crippen LogP contribution in [0.4, 0.5) is 0 Å². The number of amides is 1. The fourth-order valence-corrected chi connectivity index (χ4v) is 4.47. The highest BCUT2D eigenvalue weighted by Crippen LogP contribution is 2.24. The van der Waals surface area contributed by atoms with E-state index in [1.165, 1.54) is 18.4 Å². The van der Waals surface area contributed by atoms with Gasteiger partial charge < -0.3 is 14.4 Å². The Hall–Kier alpha value is -2.42. The molecular formula is C23H30N2O5S. The molecule has 0 aliphatic carbocycles. The Labute approximate surface area is 184 Å². The van der Waals surface area contributed by atoms with Crippen LogP contribution in [-0.2, 0) is 20.5 Å². The average Bonchev–Trinajstić information content (AvgIpc) is 3.12. The number of nitrogens with zero attached hydrogens (tertiary/aromatic N) is 2. The number of carbonyl (C=O) groups excluding carboxylic acids is 1. The number of hydrogen-bond donors (Lipinski definition) is 0. The predicted octanol–water partition coefficient (Wildman–Crippen LogP) is 2.61. The van der Waals surface area contributed by atoms with E-state index < -0.39 is 10.0 Å². The van der Waals surface area contributed by atoms with E-state index in [1.54, 1.807) is 36.3 Å². The average molecular weight is 447 g/mol. The third kappa shape index (κ3) is 5.44. The Balaban J connectivity index is 1.74. The minimum Gasteiger partial charge on any atom is -0.486 e. The van der Waals surface area contributed by atoms with Crippen molar-refractivity contribution in [1.82, 2.24) is 9.21 Å². The summed E-state index contributed by atoms with van der Waals surface area (Å²) in [4.78, 5) is 14.8. The van der Waals surface area contributed by atoms with Gasteiger partial charge in [-0.2, -0.15) is 0 Å². The molecule has 2 unspecified atom stereocenters. The first-order valence-electron chi connectivity index (χ1n) is 10.2. The SMILES string of the molecule is COC1CN(C(=O)c2cc(C)ccc2C)CC1Oc1cccc(CS(=O)(=O)N(C)C)c1. The number of ether oxygens (including phenoxy) is 2. The summed E-state index contributed by atoms with van der Waals surface area (Å²) in [5.74, 6) is 0.409. The molecular weight excluding hydrogens is 416 g/mol. The molecule has 0 radical (unpaired) electrons. The summed E-state index contributed by atoms with van der Waals surface area (Å²) in [5.41, 5.74) is 3.30. The van der Waals surface area contributed by atoms with Crippen molar-refractivity contribution >= 4 is 15.9 Å². The molecule has 0 bridgehead atoms. The van der Waals surface area contributed by atoms with Gasteiger partial charge in [-0.15, -0.1) is 0 Å². The van der Waals surface area contributed by atoms with Gasteiger partial charge in [-0.25, -0.2) is 12.7 Å². The van der Waals surface area contributed by atoms with Crippen LogP contribution in [0.5, 0.6) is 5.75 Å². The molecule has 2 aromatic rings. The maximum Gasteiger partial charge on any atom is 0.254 e. The van der Waals surface area contributed by atoms with E-state index in [-0.39, 0.29) is 23.9 Å². The molecule has 168 valence electrons. The lowest BCUT2D eigenvalue weighted by atomic mass is 10.0. The van der Waals surface area contributed by atoms with Crippen molar-refractivity contribution in [2.24, 2.45) is 0 Å². The van der Waals surface area contributed by atoms with Crippen molar-refractivity contribution in [3.8, 4) is 5.75 Å². The predicted molar refractivity (Wildman–Crippen MR) is 120 cm³/mol. The van der Waals surface area contributed by atoms with E-state index >= 15 is 0 Å². The summed E-state index contributed by atoms with van der Waals surface area (Å²) in [7, 11) is 1.26. The van der Waals surface area contributed by atoms with Gasteiger partial charge in [-0.05, 0) is 43.2 Å². The van der Waals surface area contributed by atoms with Crippen molar-refractivity contribution < 1.29 is 22.7 Å². The Morgan fingerprint density at radius 3 is 2.48 bits per heavy atom. The van der Waals surface area contributed by atoms with E-state index in [0.717, 1.165) is 11.1 Å². The summed E-state index contributed by atoms with van der Waals surface area (Å²) in [6.45, 7) is 4.72. The molecule has 8 heteroatoms. The fourth-order valence-electron chi connectivity index (χ4n) is 3.61. The standard InChI is InChI=1S/C23H30N2O5S/c1-16-9-10-17(2)20(11-16)23(26)25-13-21(29-5)22(14-25)30-19-8-6-7-18(12-19)15-31(27,28)24(3)4/h6-12,21-22H,13-15H2,1-5H3. The smallest absolute Gasteiger partial charge is 0.254 e. The van der Waals surface area contributed by atoms with Crippen LogP contribution >= 0.6 is 0 Å². The number of benzene rings is 2. The van der Waals surface area contributed by atoms with Crippen molar-refractivity contribution in [2.45, 2.75) is 31.8 Å². The highest BCUT2D eigenvalue weighted by atomic mass is 32.2. The fraction of sp³-hybridized carbons (Fsp3) is 0.435. The van der Waals surface area contributed by atoms with E-state index in [4.69, 9.17) is 9.47 Å². The molecule has 31 heavy (non-hydrogen) atoms. The molecule has 1 aliphatic rings. The van der Waals surface area contributed by atoms with Crippen molar-refractivity contribution in [1.29, 1.82) is 0 Å². The highest BCUT2D eigenvalue weighted by Gasteiger charge is 2.37. The topological polar surface area (TPSA) is 76.1 Å². The summed E-state index contributed by atoms with van der Waals surface area (Å²) in [6.07, 6.45) is -0.622. The number of aryl methyl sites for hydroxylation is 2. The molecule has 1 aliphatic heterocycles. The second-order valence-corrected chi connectivity index (χ2v) is 10.3. The van der Waals surface area contributed by atoms with Crippen molar-refractivity contribution in [3.63, 3.8) is 0 Å². The number of sulfonamides is 1. The number of rotatable bonds is 7. The molecule has 1 amide bonds. The largest absolute Gasteiger partial charge is 0.486 e. The van der Waals surface area contributed by atoms with Gasteiger partial charge >= 0.3 is 0 Å². The van der Waals surface area contributed by atoms with Crippen molar-refractivity contribution in [3.05, 3.63) is 64.7 Å². The van der Waals surface area contributed by atoms with Gasteiger partial charge in [-0.3, -0.25) is 4.79 Å². The molecule has 1 fully saturated rings. The number of carbonyl (C=O) groups is 1. The van der Waals surface area contributed by atoms with Crippen LogP contribution < -0.4 is 4.74 Å². The molecule has 7 nitrogen and oxygen atoms in total. The van der Waals surface area contributed by atoms with Gasteiger partial charge in [0, 0.05) is 26.8 Å². The summed E-state index contributed by atoms with van der Waals surface area (Å²) < 4.78 is 37.3. The Morgan fingerprint density at radius 2 is 1.81 bits per heavy atom. The normalized spacial score (nSPS) is 19.1. The molecule has 0 N–H and O–H groups in total. The molecule has 1 heterocycles. The van der Waals surface area contributed by atoms with Gasteiger partial charge in [0.15, 0.2) is 0 Å². The molecule has 1 saturated heterocycles. The number of hydrogen-bond acceptors (Lipinski definition) is 5. The van der Waals surface area contributed by atoms with Gasteiger partial charge in [0.05, 0.1) is 18.8 Å². The van der Waals surface area contributed by atoms with Crippen LogP contribution in [0.15, 0.2) is 42.5 Å². The lowest BCUT2D eigenvalue weighted by Gasteiger charge is -2.19. The van der Waals surface area contributed by atoms with E-state index in [0.29, 0.717) is 30.0 Å². The second kappa shape index (κ2) is 9.38. The van der Waals surface area contributed by atoms with Crippen LogP contribution in [0.1, 0.15) is 27.0 Å². The molecule has 0 aromatic heterocycles. The first-order valence-corrected chi connectivity index (χ1v) is 11.8. The van der Waals surface area contributed by atoms with Crippen LogP contribution in [0, 0.1) is 13.8 Å². The lowest BCUT2D eigenvalue weighted by Crippen LogP contribution is -2.32. The molecule has 3 rings (SSSR count). The second-order valence-electron chi connectivity index (χ2n) is 8.14. The first-order chi connectivity index (χ1) is 14.6. The third-order valence-electron chi connectivity index (χ3n) is 5.52. The van der Waals surface area contributed by atoms with E-state index in [1.807, 2.05) is 32.0 Å². The molecule has 0 spiro atoms. The summed E-state index contributed by atoms with van der Waals surface area (Å²) in [5, 5.41) is 0. The summed E-state index contributed by atoms with van der Waals surface area (Å²) in [6, 6.07) is 12.9. The first kappa shape index (κ1) is 23.2. The lowest BCUT2D eigenvalue weighted by molar-refractivity contribution is 0.0339. The highest BCUT2D eigenvalue weighted by molar-refractivity contribution is 7.88. The molecule has 2 aromatic carbocycles. The molecule has 0 saturated carbocycles. The van der Waals surface area contributed by atoms with Crippen LogP contribution in [0.3, 0.4) is 0 Å². The van der Waals surface area contributed by atoms with Crippen molar-refractivity contribution in [2.75, 3.05) is 34.3 Å². The zero-order valence-corrected chi connectivity index (χ0v) is 19.5. The quantitative estimate of drug-likeness (QED) is 0.654. The Bertz CT molecular complexity index is 1050. The molecule has 2 atom stereocenters. The number of likely N-dealkylation sites (tertiary alicyclic amines) is 1. The van der Waals surface area contributed by atoms with E-state index in [2.05, 4.69) is 0 Å². The van der Waals surface area contributed by atoms with Gasteiger partial charge in [-0.1, -0.05) is 29.8 Å². The summed E-state index contributed by atoms with van der Waals surface area (Å²) >= 11 is 0. The van der Waals surface area contributed by atoms with Gasteiger partial charge in [0.2, 0.25) is 10.0 Å². The van der Waals surface area contributed by atoms with Gasteiger partial charge in [0.25, 0.3) is 5.91 Å².